The van der Waals surface area contributed by atoms with Crippen molar-refractivity contribution < 1.29 is 19.7 Å². The predicted molar refractivity (Wildman–Crippen MR) is 59.6 cm³/mol. The molecule has 0 aliphatic rings. The van der Waals surface area contributed by atoms with E-state index in [-0.39, 0.29) is 6.42 Å². The van der Waals surface area contributed by atoms with Gasteiger partial charge >= 0.3 is 0 Å². The molecule has 0 aliphatic heterocycles. The molecule has 5 heteroatoms. The first-order chi connectivity index (χ1) is 8.13. The molecule has 0 aliphatic carbocycles. The second-order valence-electron chi connectivity index (χ2n) is 3.49. The van der Waals surface area contributed by atoms with Crippen LogP contribution >= 0.6 is 0 Å². The summed E-state index contributed by atoms with van der Waals surface area (Å²) in [5.74, 6) is 0.361. The van der Waals surface area contributed by atoms with Crippen molar-refractivity contribution in [1.29, 1.82) is 5.26 Å². The summed E-state index contributed by atoms with van der Waals surface area (Å²) in [5.41, 5.74) is 0.656. The predicted octanol–water partition coefficient (Wildman–Crippen LogP) is 0.816. The fourth-order valence-electron chi connectivity index (χ4n) is 1.47. The minimum Gasteiger partial charge on any atom is -0.496 e. The summed E-state index contributed by atoms with van der Waals surface area (Å²) in [7, 11) is 1.42. The van der Waals surface area contributed by atoms with Gasteiger partial charge in [0, 0.05) is 11.1 Å². The topological polar surface area (TPSA) is 90.6 Å². The van der Waals surface area contributed by atoms with Crippen LogP contribution in [0, 0.1) is 11.3 Å². The Labute approximate surface area is 98.9 Å². The van der Waals surface area contributed by atoms with Gasteiger partial charge in [-0.25, -0.2) is 0 Å². The Bertz CT molecular complexity index is 439. The molecule has 0 amide bonds. The van der Waals surface area contributed by atoms with Gasteiger partial charge in [0.2, 0.25) is 0 Å². The molecular formula is C12H13NO4. The van der Waals surface area contributed by atoms with E-state index in [1.807, 2.05) is 0 Å². The summed E-state index contributed by atoms with van der Waals surface area (Å²) in [6.07, 6.45) is -2.04. The lowest BCUT2D eigenvalue weighted by atomic mass is 9.99. The highest BCUT2D eigenvalue weighted by Crippen LogP contribution is 2.28. The summed E-state index contributed by atoms with van der Waals surface area (Å²) in [6.45, 7) is 0. The van der Waals surface area contributed by atoms with Gasteiger partial charge in [0.15, 0.2) is 0 Å². The first kappa shape index (κ1) is 13.2. The number of nitriles is 1. The van der Waals surface area contributed by atoms with Crippen LogP contribution in [0.3, 0.4) is 0 Å². The Morgan fingerprint density at radius 2 is 2.24 bits per heavy atom. The van der Waals surface area contributed by atoms with Crippen molar-refractivity contribution in [2.24, 2.45) is 0 Å². The molecule has 17 heavy (non-hydrogen) atoms. The molecule has 0 saturated carbocycles. The SMILES string of the molecule is COc1ccc(C=O)cc1C(O)C(O)CC#N. The number of aliphatic hydroxyl groups excluding tert-OH is 2. The maximum Gasteiger partial charge on any atom is 0.150 e. The molecule has 1 aromatic carbocycles. The normalized spacial score (nSPS) is 13.5. The highest BCUT2D eigenvalue weighted by Gasteiger charge is 2.21. The smallest absolute Gasteiger partial charge is 0.150 e. The summed E-state index contributed by atoms with van der Waals surface area (Å²) in [6, 6.07) is 6.26. The summed E-state index contributed by atoms with van der Waals surface area (Å²) in [4.78, 5) is 10.6. The zero-order chi connectivity index (χ0) is 12.8. The molecule has 0 heterocycles. The van der Waals surface area contributed by atoms with Crippen molar-refractivity contribution in [3.8, 4) is 11.8 Å². The van der Waals surface area contributed by atoms with Crippen LogP contribution in [0.15, 0.2) is 18.2 Å². The van der Waals surface area contributed by atoms with Crippen molar-refractivity contribution in [3.63, 3.8) is 0 Å². The molecule has 5 nitrogen and oxygen atoms in total. The van der Waals surface area contributed by atoms with E-state index in [1.165, 1.54) is 19.2 Å². The number of hydrogen-bond donors (Lipinski definition) is 2. The Morgan fingerprint density at radius 3 is 2.76 bits per heavy atom. The molecule has 0 fully saturated rings. The highest BCUT2D eigenvalue weighted by atomic mass is 16.5. The maximum absolute atomic E-state index is 10.6. The lowest BCUT2D eigenvalue weighted by molar-refractivity contribution is 0.0202. The third-order valence-electron chi connectivity index (χ3n) is 2.37. The van der Waals surface area contributed by atoms with Crippen molar-refractivity contribution in [2.45, 2.75) is 18.6 Å². The van der Waals surface area contributed by atoms with Crippen molar-refractivity contribution >= 4 is 6.29 Å². The van der Waals surface area contributed by atoms with E-state index in [2.05, 4.69) is 0 Å². The second-order valence-corrected chi connectivity index (χ2v) is 3.49. The third kappa shape index (κ3) is 3.03. The number of hydrogen-bond acceptors (Lipinski definition) is 5. The van der Waals surface area contributed by atoms with Crippen LogP contribution in [0.1, 0.15) is 28.4 Å². The summed E-state index contributed by atoms with van der Waals surface area (Å²) < 4.78 is 5.02. The zero-order valence-electron chi connectivity index (χ0n) is 9.33. The van der Waals surface area contributed by atoms with E-state index in [0.717, 1.165) is 0 Å². The van der Waals surface area contributed by atoms with Gasteiger partial charge < -0.3 is 14.9 Å². The summed E-state index contributed by atoms with van der Waals surface area (Å²) in [5, 5.41) is 27.8. The fraction of sp³-hybridized carbons (Fsp3) is 0.333. The molecule has 1 rings (SSSR count). The van der Waals surface area contributed by atoms with Crippen molar-refractivity contribution in [1.82, 2.24) is 0 Å². The monoisotopic (exact) mass is 235 g/mol. The van der Waals surface area contributed by atoms with Gasteiger partial charge in [-0.2, -0.15) is 5.26 Å². The molecule has 2 atom stereocenters. The largest absolute Gasteiger partial charge is 0.496 e. The molecule has 0 saturated heterocycles. The molecule has 0 radical (unpaired) electrons. The number of aliphatic hydroxyl groups is 2. The fourth-order valence-corrected chi connectivity index (χ4v) is 1.47. The quantitative estimate of drug-likeness (QED) is 0.737. The van der Waals surface area contributed by atoms with Crippen LogP contribution in [0.2, 0.25) is 0 Å². The number of ether oxygens (including phenoxy) is 1. The molecule has 90 valence electrons. The number of benzene rings is 1. The first-order valence-electron chi connectivity index (χ1n) is 5.00. The molecule has 1 aromatic rings. The molecular weight excluding hydrogens is 222 g/mol. The number of aldehydes is 1. The van der Waals surface area contributed by atoms with E-state index in [9.17, 15) is 15.0 Å². The number of methoxy groups -OCH3 is 1. The van der Waals surface area contributed by atoms with Gasteiger partial charge in [-0.1, -0.05) is 0 Å². The van der Waals surface area contributed by atoms with Gasteiger partial charge in [0.1, 0.15) is 18.1 Å². The Kier molecular flexibility index (Phi) is 4.64. The van der Waals surface area contributed by atoms with Crippen LogP contribution in [-0.2, 0) is 0 Å². The van der Waals surface area contributed by atoms with E-state index >= 15 is 0 Å². The minimum absolute atomic E-state index is 0.199. The lowest BCUT2D eigenvalue weighted by Gasteiger charge is -2.18. The van der Waals surface area contributed by atoms with Gasteiger partial charge in [0.25, 0.3) is 0 Å². The number of carbonyl (C=O) groups excluding carboxylic acids is 1. The van der Waals surface area contributed by atoms with E-state index in [0.29, 0.717) is 23.2 Å². The van der Waals surface area contributed by atoms with Crippen LogP contribution < -0.4 is 4.74 Å². The number of rotatable bonds is 5. The molecule has 0 spiro atoms. The Balaban J connectivity index is 3.09. The van der Waals surface area contributed by atoms with Gasteiger partial charge in [-0.15, -0.1) is 0 Å². The minimum atomic E-state index is -1.26. The Morgan fingerprint density at radius 1 is 1.53 bits per heavy atom. The van der Waals surface area contributed by atoms with Crippen LogP contribution in [-0.4, -0.2) is 29.7 Å². The van der Waals surface area contributed by atoms with Crippen LogP contribution in [0.4, 0.5) is 0 Å². The average Bonchev–Trinajstić information content (AvgIpc) is 2.37. The van der Waals surface area contributed by atoms with E-state index < -0.39 is 12.2 Å². The maximum atomic E-state index is 10.6. The average molecular weight is 235 g/mol. The van der Waals surface area contributed by atoms with Crippen molar-refractivity contribution in [3.05, 3.63) is 29.3 Å². The molecule has 2 unspecified atom stereocenters. The summed E-state index contributed by atoms with van der Waals surface area (Å²) >= 11 is 0. The first-order valence-corrected chi connectivity index (χ1v) is 5.00. The molecule has 2 N–H and O–H groups in total. The van der Waals surface area contributed by atoms with Gasteiger partial charge in [-0.05, 0) is 18.2 Å². The van der Waals surface area contributed by atoms with Crippen LogP contribution in [0.5, 0.6) is 5.75 Å². The number of nitrogens with zero attached hydrogens (tertiary/aromatic N) is 1. The van der Waals surface area contributed by atoms with Gasteiger partial charge in [0.05, 0.1) is 25.7 Å². The van der Waals surface area contributed by atoms with Crippen molar-refractivity contribution in [2.75, 3.05) is 7.11 Å². The third-order valence-corrected chi connectivity index (χ3v) is 2.37. The lowest BCUT2D eigenvalue weighted by Crippen LogP contribution is -2.18. The van der Waals surface area contributed by atoms with Crippen LogP contribution in [0.25, 0.3) is 0 Å². The Hall–Kier alpha value is -1.90. The van der Waals surface area contributed by atoms with E-state index in [4.69, 9.17) is 10.00 Å². The standard InChI is InChI=1S/C12H13NO4/c1-17-11-3-2-8(7-14)6-9(11)12(16)10(15)4-5-13/h2-3,6-7,10,12,15-16H,4H2,1H3. The highest BCUT2D eigenvalue weighted by molar-refractivity contribution is 5.75. The molecule has 0 bridgehead atoms. The number of carbonyl (C=O) groups is 1. The molecule has 0 aromatic heterocycles. The second kappa shape index (κ2) is 5.99. The van der Waals surface area contributed by atoms with Gasteiger partial charge in [-0.3, -0.25) is 4.79 Å². The van der Waals surface area contributed by atoms with E-state index in [1.54, 1.807) is 12.1 Å². The zero-order valence-corrected chi connectivity index (χ0v) is 9.33.